The molecule has 96 valence electrons. The van der Waals surface area contributed by atoms with E-state index in [1.54, 1.807) is 12.1 Å². The Morgan fingerprint density at radius 1 is 1.21 bits per heavy atom. The first-order valence-electron chi connectivity index (χ1n) is 5.68. The summed E-state index contributed by atoms with van der Waals surface area (Å²) < 4.78 is 5.58. The van der Waals surface area contributed by atoms with E-state index < -0.39 is 0 Å². The lowest BCUT2D eigenvalue weighted by Crippen LogP contribution is -2.01. The van der Waals surface area contributed by atoms with Gasteiger partial charge in [-0.25, -0.2) is 4.98 Å². The molecular weight excluding hydrogens is 262 g/mol. The number of nitriles is 1. The molecule has 0 atom stereocenters. The largest absolute Gasteiger partial charge is 0.487 e. The van der Waals surface area contributed by atoms with Gasteiger partial charge in [-0.05, 0) is 29.8 Å². The second kappa shape index (κ2) is 6.07. The summed E-state index contributed by atoms with van der Waals surface area (Å²) in [7, 11) is 0. The van der Waals surface area contributed by atoms with Crippen LogP contribution in [0.3, 0.4) is 0 Å². The highest BCUT2D eigenvalue weighted by Gasteiger charge is 2.04. The molecule has 4 nitrogen and oxygen atoms in total. The van der Waals surface area contributed by atoms with E-state index in [-0.39, 0.29) is 6.61 Å². The molecule has 0 saturated heterocycles. The zero-order chi connectivity index (χ0) is 13.7. The van der Waals surface area contributed by atoms with Crippen molar-refractivity contribution in [3.05, 3.63) is 52.7 Å². The molecule has 5 heteroatoms. The molecule has 0 radical (unpaired) electrons. The Hall–Kier alpha value is -2.25. The van der Waals surface area contributed by atoms with Crippen LogP contribution >= 0.6 is 11.6 Å². The zero-order valence-electron chi connectivity index (χ0n) is 10.1. The van der Waals surface area contributed by atoms with Gasteiger partial charge < -0.3 is 10.5 Å². The lowest BCUT2D eigenvalue weighted by Gasteiger charge is -2.08. The third kappa shape index (κ3) is 3.60. The Labute approximate surface area is 116 Å². The Balaban J connectivity index is 2.02. The predicted molar refractivity (Wildman–Crippen MR) is 73.8 cm³/mol. The summed E-state index contributed by atoms with van der Waals surface area (Å²) >= 11 is 5.99. The number of nitrogens with zero attached hydrogens (tertiary/aromatic N) is 2. The van der Waals surface area contributed by atoms with Gasteiger partial charge in [-0.3, -0.25) is 0 Å². The Morgan fingerprint density at radius 3 is 2.63 bits per heavy atom. The molecule has 1 heterocycles. The van der Waals surface area contributed by atoms with Crippen molar-refractivity contribution >= 4 is 17.4 Å². The monoisotopic (exact) mass is 273 g/mol. The van der Waals surface area contributed by atoms with Gasteiger partial charge in [-0.1, -0.05) is 23.7 Å². The molecule has 0 unspecified atom stereocenters. The third-order valence-electron chi connectivity index (χ3n) is 2.52. The number of ether oxygens (including phenoxy) is 1. The van der Waals surface area contributed by atoms with Crippen LogP contribution in [0.4, 0.5) is 5.82 Å². The summed E-state index contributed by atoms with van der Waals surface area (Å²) in [5, 5.41) is 9.10. The second-order valence-corrected chi connectivity index (χ2v) is 4.34. The lowest BCUT2D eigenvalue weighted by molar-refractivity contribution is 0.301. The standard InChI is InChI=1S/C14H12ClN3O/c15-12-5-6-14(17)18-13(12)9-19-11-3-1-10(2-4-11)7-8-16/h1-6H,7,9H2,(H2,17,18). The van der Waals surface area contributed by atoms with Crippen molar-refractivity contribution < 1.29 is 4.74 Å². The molecule has 0 bridgehead atoms. The van der Waals surface area contributed by atoms with Crippen LogP contribution in [0.25, 0.3) is 0 Å². The Bertz CT molecular complexity index is 605. The first-order chi connectivity index (χ1) is 9.19. The van der Waals surface area contributed by atoms with Crippen molar-refractivity contribution in [1.82, 2.24) is 4.98 Å². The number of nitrogens with two attached hydrogens (primary N) is 1. The van der Waals surface area contributed by atoms with Gasteiger partial charge in [-0.15, -0.1) is 0 Å². The predicted octanol–water partition coefficient (Wildman–Crippen LogP) is 2.96. The van der Waals surface area contributed by atoms with Gasteiger partial charge in [0, 0.05) is 0 Å². The maximum absolute atomic E-state index is 8.58. The van der Waals surface area contributed by atoms with E-state index in [0.29, 0.717) is 28.7 Å². The van der Waals surface area contributed by atoms with Gasteiger partial charge in [0.15, 0.2) is 0 Å². The second-order valence-electron chi connectivity index (χ2n) is 3.93. The maximum atomic E-state index is 8.58. The lowest BCUT2D eigenvalue weighted by atomic mass is 10.2. The van der Waals surface area contributed by atoms with Crippen LogP contribution in [0, 0.1) is 11.3 Å². The summed E-state index contributed by atoms with van der Waals surface area (Å²) in [6.45, 7) is 0.251. The molecule has 1 aromatic heterocycles. The molecule has 0 spiro atoms. The average molecular weight is 274 g/mol. The number of nitrogen functional groups attached to an aromatic ring is 1. The minimum Gasteiger partial charge on any atom is -0.487 e. The van der Waals surface area contributed by atoms with Crippen LogP contribution in [0.2, 0.25) is 5.02 Å². The van der Waals surface area contributed by atoms with Gasteiger partial charge in [0.2, 0.25) is 0 Å². The highest BCUT2D eigenvalue weighted by Crippen LogP contribution is 2.19. The van der Waals surface area contributed by atoms with Crippen molar-refractivity contribution in [3.63, 3.8) is 0 Å². The Kier molecular flexibility index (Phi) is 4.22. The third-order valence-corrected chi connectivity index (χ3v) is 2.87. The summed E-state index contributed by atoms with van der Waals surface area (Å²) in [4.78, 5) is 4.11. The van der Waals surface area contributed by atoms with E-state index >= 15 is 0 Å². The van der Waals surface area contributed by atoms with Gasteiger partial charge in [0.25, 0.3) is 0 Å². The van der Waals surface area contributed by atoms with Crippen molar-refractivity contribution in [2.24, 2.45) is 0 Å². The molecule has 0 aliphatic rings. The number of aromatic nitrogens is 1. The topological polar surface area (TPSA) is 71.9 Å². The van der Waals surface area contributed by atoms with Gasteiger partial charge in [0.05, 0.1) is 23.2 Å². The quantitative estimate of drug-likeness (QED) is 0.929. The van der Waals surface area contributed by atoms with Crippen LogP contribution in [-0.4, -0.2) is 4.98 Å². The van der Waals surface area contributed by atoms with Crippen LogP contribution in [0.1, 0.15) is 11.3 Å². The fourth-order valence-electron chi connectivity index (χ4n) is 1.55. The highest BCUT2D eigenvalue weighted by molar-refractivity contribution is 6.31. The minimum atomic E-state index is 0.251. The van der Waals surface area contributed by atoms with E-state index in [0.717, 1.165) is 5.56 Å². The summed E-state index contributed by atoms with van der Waals surface area (Å²) in [5.41, 5.74) is 7.15. The normalized spacial score (nSPS) is 9.89. The van der Waals surface area contributed by atoms with E-state index in [2.05, 4.69) is 11.1 Å². The highest BCUT2D eigenvalue weighted by atomic mass is 35.5. The van der Waals surface area contributed by atoms with Gasteiger partial charge in [0.1, 0.15) is 18.2 Å². The SMILES string of the molecule is N#CCc1ccc(OCc2nc(N)ccc2Cl)cc1. The Morgan fingerprint density at radius 2 is 1.95 bits per heavy atom. The van der Waals surface area contributed by atoms with Crippen molar-refractivity contribution in [1.29, 1.82) is 5.26 Å². The van der Waals surface area contributed by atoms with Crippen molar-refractivity contribution in [3.8, 4) is 11.8 Å². The van der Waals surface area contributed by atoms with E-state index in [1.807, 2.05) is 24.3 Å². The van der Waals surface area contributed by atoms with E-state index in [4.69, 9.17) is 27.3 Å². The first kappa shape index (κ1) is 13.2. The first-order valence-corrected chi connectivity index (χ1v) is 6.06. The van der Waals surface area contributed by atoms with Crippen molar-refractivity contribution in [2.75, 3.05) is 5.73 Å². The number of hydrogen-bond acceptors (Lipinski definition) is 4. The summed E-state index contributed by atoms with van der Waals surface area (Å²) in [5.74, 6) is 1.11. The number of benzene rings is 1. The molecule has 1 aromatic carbocycles. The molecule has 0 fully saturated rings. The fourth-order valence-corrected chi connectivity index (χ4v) is 1.71. The molecule has 0 amide bonds. The van der Waals surface area contributed by atoms with Crippen LogP contribution in [-0.2, 0) is 13.0 Å². The summed E-state index contributed by atoms with van der Waals surface area (Å²) in [6, 6.07) is 12.8. The molecular formula is C14H12ClN3O. The van der Waals surface area contributed by atoms with Crippen LogP contribution in [0.5, 0.6) is 5.75 Å². The van der Waals surface area contributed by atoms with E-state index in [1.165, 1.54) is 0 Å². The number of hydrogen-bond donors (Lipinski definition) is 1. The molecule has 2 N–H and O–H groups in total. The minimum absolute atomic E-state index is 0.251. The molecule has 19 heavy (non-hydrogen) atoms. The van der Waals surface area contributed by atoms with Crippen molar-refractivity contribution in [2.45, 2.75) is 13.0 Å². The number of anilines is 1. The number of rotatable bonds is 4. The molecule has 0 aliphatic heterocycles. The number of halogens is 1. The van der Waals surface area contributed by atoms with Gasteiger partial charge in [-0.2, -0.15) is 5.26 Å². The van der Waals surface area contributed by atoms with Crippen LogP contribution < -0.4 is 10.5 Å². The van der Waals surface area contributed by atoms with Crippen LogP contribution in [0.15, 0.2) is 36.4 Å². The van der Waals surface area contributed by atoms with Gasteiger partial charge >= 0.3 is 0 Å². The average Bonchev–Trinajstić information content (AvgIpc) is 2.42. The smallest absolute Gasteiger partial charge is 0.132 e. The number of pyridine rings is 1. The molecule has 0 aliphatic carbocycles. The molecule has 0 saturated carbocycles. The zero-order valence-corrected chi connectivity index (χ0v) is 10.9. The fraction of sp³-hybridized carbons (Fsp3) is 0.143. The maximum Gasteiger partial charge on any atom is 0.132 e. The summed E-state index contributed by atoms with van der Waals surface area (Å²) in [6.07, 6.45) is 0.392. The molecule has 2 aromatic rings. The molecule has 2 rings (SSSR count). The van der Waals surface area contributed by atoms with E-state index in [9.17, 15) is 0 Å².